The van der Waals surface area contributed by atoms with Gasteiger partial charge in [-0.05, 0) is 162 Å². The van der Waals surface area contributed by atoms with Gasteiger partial charge in [0.15, 0.2) is 0 Å². The van der Waals surface area contributed by atoms with Crippen LogP contribution in [-0.4, -0.2) is 12.3 Å². The molecule has 0 aromatic heterocycles. The van der Waals surface area contributed by atoms with Gasteiger partial charge in [-0.2, -0.15) is 0 Å². The van der Waals surface area contributed by atoms with Crippen molar-refractivity contribution in [3.05, 3.63) is 154 Å². The summed E-state index contributed by atoms with van der Waals surface area (Å²) in [5, 5.41) is 0. The van der Waals surface area contributed by atoms with Crippen molar-refractivity contribution in [2.75, 3.05) is 14.7 Å². The number of anilines is 7. The summed E-state index contributed by atoms with van der Waals surface area (Å²) >= 11 is 0. The van der Waals surface area contributed by atoms with Gasteiger partial charge in [-0.1, -0.05) is 141 Å². The Morgan fingerprint density at radius 2 is 1.23 bits per heavy atom. The van der Waals surface area contributed by atoms with Gasteiger partial charge in [-0.15, -0.1) is 0 Å². The maximum absolute atomic E-state index is 2.90. The van der Waals surface area contributed by atoms with Crippen LogP contribution in [0.2, 0.25) is 0 Å². The van der Waals surface area contributed by atoms with E-state index in [1.54, 1.807) is 5.56 Å². The largest absolute Gasteiger partial charge is 0.334 e. The summed E-state index contributed by atoms with van der Waals surface area (Å²) in [6, 6.07) is 44.1. The molecule has 6 aromatic carbocycles. The van der Waals surface area contributed by atoms with E-state index < -0.39 is 0 Å². The van der Waals surface area contributed by atoms with Crippen LogP contribution in [0.1, 0.15) is 146 Å². The van der Waals surface area contributed by atoms with Gasteiger partial charge in [-0.3, -0.25) is 0 Å². The Hall–Kier alpha value is -5.22. The van der Waals surface area contributed by atoms with Gasteiger partial charge >= 0.3 is 0 Å². The molecule has 64 heavy (non-hydrogen) atoms. The van der Waals surface area contributed by atoms with Gasteiger partial charge in [0.25, 0.3) is 6.71 Å². The lowest BCUT2D eigenvalue weighted by Crippen LogP contribution is -2.64. The van der Waals surface area contributed by atoms with Crippen LogP contribution in [0, 0.1) is 13.8 Å². The highest BCUT2D eigenvalue weighted by Crippen LogP contribution is 2.66. The molecule has 4 heterocycles. The van der Waals surface area contributed by atoms with Crippen molar-refractivity contribution in [3.63, 3.8) is 0 Å². The Labute approximate surface area is 384 Å². The van der Waals surface area contributed by atoms with Crippen molar-refractivity contribution in [1.82, 2.24) is 0 Å². The van der Waals surface area contributed by atoms with Gasteiger partial charge in [0.2, 0.25) is 0 Å². The van der Waals surface area contributed by atoms with Gasteiger partial charge in [0.1, 0.15) is 0 Å². The zero-order chi connectivity index (χ0) is 44.7. The van der Waals surface area contributed by atoms with E-state index in [0.717, 1.165) is 12.8 Å². The highest BCUT2D eigenvalue weighted by molar-refractivity contribution is 7.00. The lowest BCUT2D eigenvalue weighted by atomic mass is 9.33. The second kappa shape index (κ2) is 12.8. The SMILES string of the molecule is Cc1cc(C)c2c(c1)N(c1cc3c4c(c1)N1c5c(cccc5C5(C)CCc6ccccc6C15C)B4c1cc(C(C)(C)C)ccc1N3c1ccc(C(C)(C)C)cc1)C1(C)CCCCC21C. The first-order valence-electron chi connectivity index (χ1n) is 24.5. The van der Waals surface area contributed by atoms with E-state index in [1.165, 1.54) is 121 Å². The second-order valence-corrected chi connectivity index (χ2v) is 23.8. The van der Waals surface area contributed by atoms with E-state index in [9.17, 15) is 0 Å². The molecule has 6 aliphatic rings. The predicted octanol–water partition coefficient (Wildman–Crippen LogP) is 13.5. The minimum atomic E-state index is -0.302. The van der Waals surface area contributed by atoms with E-state index >= 15 is 0 Å². The van der Waals surface area contributed by atoms with E-state index in [2.05, 4.69) is 207 Å². The van der Waals surface area contributed by atoms with Gasteiger partial charge in [-0.25, -0.2) is 0 Å². The molecular weight excluding hydrogens is 773 g/mol. The number of fused-ring (bicyclic) bond motifs is 12. The highest BCUT2D eigenvalue weighted by Gasteiger charge is 2.64. The molecule has 1 fully saturated rings. The lowest BCUT2D eigenvalue weighted by Gasteiger charge is -2.54. The summed E-state index contributed by atoms with van der Waals surface area (Å²) in [4.78, 5) is 8.42. The van der Waals surface area contributed by atoms with Crippen molar-refractivity contribution >= 4 is 62.9 Å². The van der Waals surface area contributed by atoms with E-state index in [-0.39, 0.29) is 39.5 Å². The molecule has 324 valence electrons. The first-order valence-corrected chi connectivity index (χ1v) is 24.5. The molecule has 0 saturated heterocycles. The molecule has 4 atom stereocenters. The third kappa shape index (κ3) is 4.91. The molecule has 12 rings (SSSR count). The molecule has 3 nitrogen and oxygen atoms in total. The summed E-state index contributed by atoms with van der Waals surface area (Å²) in [6.07, 6.45) is 7.12. The monoisotopic (exact) mass is 840 g/mol. The van der Waals surface area contributed by atoms with Crippen LogP contribution in [0.5, 0.6) is 0 Å². The molecule has 4 heteroatoms. The topological polar surface area (TPSA) is 9.72 Å². The third-order valence-electron chi connectivity index (χ3n) is 18.3. The van der Waals surface area contributed by atoms with Crippen molar-refractivity contribution in [3.8, 4) is 0 Å². The Kier molecular flexibility index (Phi) is 8.04. The highest BCUT2D eigenvalue weighted by atomic mass is 15.3. The quantitative estimate of drug-likeness (QED) is 0.161. The zero-order valence-corrected chi connectivity index (χ0v) is 40.6. The van der Waals surface area contributed by atoms with Crippen molar-refractivity contribution in [1.29, 1.82) is 0 Å². The fourth-order valence-electron chi connectivity index (χ4n) is 14.6. The molecule has 0 amide bonds. The molecule has 0 bridgehead atoms. The van der Waals surface area contributed by atoms with Crippen LogP contribution < -0.4 is 31.1 Å². The minimum absolute atomic E-state index is 0.00161. The molecular formula is C60H66BN3. The number of aryl methyl sites for hydroxylation is 3. The van der Waals surface area contributed by atoms with Crippen molar-refractivity contribution in [2.24, 2.45) is 0 Å². The van der Waals surface area contributed by atoms with E-state index in [4.69, 9.17) is 0 Å². The molecule has 0 N–H and O–H groups in total. The average molecular weight is 840 g/mol. The number of benzene rings is 6. The summed E-state index contributed by atoms with van der Waals surface area (Å²) in [5.74, 6) is 0. The third-order valence-corrected chi connectivity index (χ3v) is 18.3. The van der Waals surface area contributed by atoms with E-state index in [0.29, 0.717) is 0 Å². The van der Waals surface area contributed by atoms with Crippen molar-refractivity contribution in [2.45, 2.75) is 154 Å². The average Bonchev–Trinajstić information content (AvgIpc) is 3.60. The molecule has 0 spiro atoms. The fourth-order valence-corrected chi connectivity index (χ4v) is 14.6. The zero-order valence-electron chi connectivity index (χ0n) is 40.6. The first kappa shape index (κ1) is 40.3. The second-order valence-electron chi connectivity index (χ2n) is 23.8. The number of para-hydroxylation sites is 1. The van der Waals surface area contributed by atoms with Gasteiger partial charge < -0.3 is 14.7 Å². The standard InChI is InChI=1S/C60H66BN3/c1-37-32-38(2)52-49(33-37)63(59(11)30-16-15-29-58(52,59)10)43-35-50-53-51(36-43)64-54-45(57(9)31-28-39-18-13-14-19-44(39)60(57,64)12)20-17-21-46(54)61(53)47-34-41(56(6,7)8)24-27-48(47)62(50)42-25-22-40(23-26-42)55(3,4)5/h13-14,17-27,32-36H,15-16,28-31H2,1-12H3. The van der Waals surface area contributed by atoms with Crippen LogP contribution in [-0.2, 0) is 33.6 Å². The molecule has 1 saturated carbocycles. The Bertz CT molecular complexity index is 2980. The molecule has 4 unspecified atom stereocenters. The van der Waals surface area contributed by atoms with E-state index in [1.807, 2.05) is 0 Å². The maximum atomic E-state index is 2.90. The summed E-state index contributed by atoms with van der Waals surface area (Å²) in [5.41, 5.74) is 24.9. The number of nitrogens with zero attached hydrogens (tertiary/aromatic N) is 3. The maximum Gasteiger partial charge on any atom is 0.252 e. The summed E-state index contributed by atoms with van der Waals surface area (Å²) in [6.45, 7) is 29.3. The Morgan fingerprint density at radius 1 is 0.547 bits per heavy atom. The van der Waals surface area contributed by atoms with Crippen LogP contribution >= 0.6 is 0 Å². The Morgan fingerprint density at radius 3 is 1.98 bits per heavy atom. The van der Waals surface area contributed by atoms with Crippen LogP contribution in [0.4, 0.5) is 39.8 Å². The normalized spacial score (nSPS) is 25.9. The summed E-state index contributed by atoms with van der Waals surface area (Å²) < 4.78 is 0. The van der Waals surface area contributed by atoms with Gasteiger partial charge in [0, 0.05) is 50.6 Å². The predicted molar refractivity (Wildman–Crippen MR) is 274 cm³/mol. The Balaban J connectivity index is 1.23. The van der Waals surface area contributed by atoms with Crippen LogP contribution in [0.15, 0.2) is 109 Å². The molecule has 4 aliphatic heterocycles. The van der Waals surface area contributed by atoms with Gasteiger partial charge in [0.05, 0.1) is 11.1 Å². The molecule has 2 aliphatic carbocycles. The number of hydrogen-bond donors (Lipinski definition) is 0. The smallest absolute Gasteiger partial charge is 0.252 e. The van der Waals surface area contributed by atoms with Crippen LogP contribution in [0.25, 0.3) is 0 Å². The number of hydrogen-bond acceptors (Lipinski definition) is 3. The van der Waals surface area contributed by atoms with Crippen LogP contribution in [0.3, 0.4) is 0 Å². The fraction of sp³-hybridized carbons (Fsp3) is 0.400. The summed E-state index contributed by atoms with van der Waals surface area (Å²) in [7, 11) is 0. The molecule has 6 aromatic rings. The minimum Gasteiger partial charge on any atom is -0.334 e. The first-order chi connectivity index (χ1) is 30.3. The van der Waals surface area contributed by atoms with Crippen molar-refractivity contribution < 1.29 is 0 Å². The number of rotatable bonds is 2. The molecule has 0 radical (unpaired) electrons. The lowest BCUT2D eigenvalue weighted by molar-refractivity contribution is 0.194.